The van der Waals surface area contributed by atoms with Crippen molar-refractivity contribution in [2.45, 2.75) is 32.7 Å². The van der Waals surface area contributed by atoms with Crippen molar-refractivity contribution in [3.63, 3.8) is 0 Å². The summed E-state index contributed by atoms with van der Waals surface area (Å²) in [5.74, 6) is 0.898. The zero-order chi connectivity index (χ0) is 10.2. The van der Waals surface area contributed by atoms with Gasteiger partial charge in [0.1, 0.15) is 5.82 Å². The number of nitrogens with one attached hydrogen (secondary N) is 1. The van der Waals surface area contributed by atoms with Gasteiger partial charge in [0, 0.05) is 18.8 Å². The predicted octanol–water partition coefficient (Wildman–Crippen LogP) is 1.48. The van der Waals surface area contributed by atoms with Gasteiger partial charge in [0.05, 0.1) is 13.2 Å². The van der Waals surface area contributed by atoms with Crippen molar-refractivity contribution in [1.29, 1.82) is 0 Å². The minimum Gasteiger partial charge on any atom is -0.394 e. The fourth-order valence-corrected chi connectivity index (χ4v) is 1.27. The summed E-state index contributed by atoms with van der Waals surface area (Å²) in [4.78, 5) is 0. The van der Waals surface area contributed by atoms with Crippen LogP contribution in [0.1, 0.15) is 26.2 Å². The smallest absolute Gasteiger partial charge is 0.147 e. The van der Waals surface area contributed by atoms with Crippen molar-refractivity contribution in [3.05, 3.63) is 12.3 Å². The molecule has 0 aromatic carbocycles. The summed E-state index contributed by atoms with van der Waals surface area (Å²) < 4.78 is 1.74. The molecule has 1 aromatic heterocycles. The summed E-state index contributed by atoms with van der Waals surface area (Å²) in [6.45, 7) is 3.87. The Hall–Kier alpha value is -1.03. The molecule has 1 heterocycles. The molecule has 4 nitrogen and oxygen atoms in total. The first-order valence-corrected chi connectivity index (χ1v) is 5.25. The molecular weight excluding hydrogens is 178 g/mol. The Kier molecular flexibility index (Phi) is 5.07. The quantitative estimate of drug-likeness (QED) is 0.651. The van der Waals surface area contributed by atoms with Gasteiger partial charge in [-0.15, -0.1) is 0 Å². The maximum atomic E-state index is 8.69. The second-order valence-corrected chi connectivity index (χ2v) is 3.32. The Labute approximate surface area is 84.9 Å². The molecule has 0 unspecified atom stereocenters. The van der Waals surface area contributed by atoms with Gasteiger partial charge in [-0.1, -0.05) is 19.8 Å². The molecule has 0 radical (unpaired) electrons. The third-order valence-electron chi connectivity index (χ3n) is 2.06. The second kappa shape index (κ2) is 6.43. The van der Waals surface area contributed by atoms with Crippen molar-refractivity contribution in [2.75, 3.05) is 18.5 Å². The van der Waals surface area contributed by atoms with Crippen molar-refractivity contribution < 1.29 is 5.11 Å². The average Bonchev–Trinajstić information content (AvgIpc) is 2.61. The van der Waals surface area contributed by atoms with Crippen LogP contribution >= 0.6 is 0 Å². The predicted molar refractivity (Wildman–Crippen MR) is 57.3 cm³/mol. The Balaban J connectivity index is 2.22. The molecule has 4 heteroatoms. The van der Waals surface area contributed by atoms with E-state index in [-0.39, 0.29) is 6.61 Å². The van der Waals surface area contributed by atoms with Gasteiger partial charge in [-0.25, -0.2) is 0 Å². The number of aliphatic hydroxyl groups excluding tert-OH is 1. The molecule has 0 fully saturated rings. The van der Waals surface area contributed by atoms with Gasteiger partial charge in [0.15, 0.2) is 0 Å². The van der Waals surface area contributed by atoms with E-state index >= 15 is 0 Å². The van der Waals surface area contributed by atoms with E-state index in [9.17, 15) is 0 Å². The van der Waals surface area contributed by atoms with Gasteiger partial charge in [-0.3, -0.25) is 4.68 Å². The van der Waals surface area contributed by atoms with Gasteiger partial charge in [-0.05, 0) is 6.42 Å². The van der Waals surface area contributed by atoms with Crippen LogP contribution in [0.25, 0.3) is 0 Å². The van der Waals surface area contributed by atoms with E-state index in [1.54, 1.807) is 4.68 Å². The summed E-state index contributed by atoms with van der Waals surface area (Å²) in [5, 5.41) is 16.2. The van der Waals surface area contributed by atoms with E-state index in [1.165, 1.54) is 19.3 Å². The van der Waals surface area contributed by atoms with Crippen LogP contribution < -0.4 is 5.32 Å². The molecule has 0 saturated heterocycles. The Morgan fingerprint density at radius 2 is 2.36 bits per heavy atom. The molecule has 1 rings (SSSR count). The van der Waals surface area contributed by atoms with Gasteiger partial charge >= 0.3 is 0 Å². The molecule has 0 atom stereocenters. The van der Waals surface area contributed by atoms with Crippen LogP contribution in [0.4, 0.5) is 5.82 Å². The summed E-state index contributed by atoms with van der Waals surface area (Å²) in [6, 6.07) is 1.93. The van der Waals surface area contributed by atoms with Crippen LogP contribution in [0.2, 0.25) is 0 Å². The highest BCUT2D eigenvalue weighted by molar-refractivity contribution is 5.31. The standard InChI is InChI=1S/C10H19N3O/c1-2-3-4-6-11-10-5-7-13(12-10)8-9-14/h5,7,14H,2-4,6,8-9H2,1H3,(H,11,12). The zero-order valence-electron chi connectivity index (χ0n) is 8.74. The number of rotatable bonds is 7. The lowest BCUT2D eigenvalue weighted by atomic mass is 10.2. The topological polar surface area (TPSA) is 50.1 Å². The summed E-state index contributed by atoms with van der Waals surface area (Å²) in [6.07, 6.45) is 5.55. The third kappa shape index (κ3) is 3.79. The van der Waals surface area contributed by atoms with E-state index in [0.717, 1.165) is 12.4 Å². The van der Waals surface area contributed by atoms with Crippen molar-refractivity contribution >= 4 is 5.82 Å². The first-order chi connectivity index (χ1) is 6.86. The van der Waals surface area contributed by atoms with Crippen molar-refractivity contribution in [2.24, 2.45) is 0 Å². The summed E-state index contributed by atoms with van der Waals surface area (Å²) >= 11 is 0. The van der Waals surface area contributed by atoms with Crippen LogP contribution in [0.15, 0.2) is 12.3 Å². The third-order valence-corrected chi connectivity index (χ3v) is 2.06. The normalized spacial score (nSPS) is 10.4. The number of unbranched alkanes of at least 4 members (excludes halogenated alkanes) is 2. The fraction of sp³-hybridized carbons (Fsp3) is 0.700. The average molecular weight is 197 g/mol. The molecular formula is C10H19N3O. The minimum absolute atomic E-state index is 0.136. The lowest BCUT2D eigenvalue weighted by molar-refractivity contribution is 0.269. The van der Waals surface area contributed by atoms with E-state index in [4.69, 9.17) is 5.11 Å². The maximum Gasteiger partial charge on any atom is 0.147 e. The number of anilines is 1. The maximum absolute atomic E-state index is 8.69. The van der Waals surface area contributed by atoms with E-state index < -0.39 is 0 Å². The molecule has 2 N–H and O–H groups in total. The SMILES string of the molecule is CCCCCNc1ccn(CCO)n1. The minimum atomic E-state index is 0.136. The lowest BCUT2D eigenvalue weighted by Crippen LogP contribution is -2.05. The molecule has 1 aromatic rings. The molecule has 0 aliphatic carbocycles. The summed E-state index contributed by atoms with van der Waals surface area (Å²) in [7, 11) is 0. The van der Waals surface area contributed by atoms with E-state index in [0.29, 0.717) is 6.54 Å². The largest absolute Gasteiger partial charge is 0.394 e. The van der Waals surface area contributed by atoms with Gasteiger partial charge in [-0.2, -0.15) is 5.10 Å². The fourth-order valence-electron chi connectivity index (χ4n) is 1.27. The molecule has 0 amide bonds. The summed E-state index contributed by atoms with van der Waals surface area (Å²) in [5.41, 5.74) is 0. The molecule has 14 heavy (non-hydrogen) atoms. The lowest BCUT2D eigenvalue weighted by Gasteiger charge is -2.01. The zero-order valence-corrected chi connectivity index (χ0v) is 8.74. The van der Waals surface area contributed by atoms with E-state index in [1.807, 2.05) is 12.3 Å². The molecule has 80 valence electrons. The molecule has 0 aliphatic rings. The molecule has 0 bridgehead atoms. The van der Waals surface area contributed by atoms with Crippen LogP contribution in [-0.2, 0) is 6.54 Å². The van der Waals surface area contributed by atoms with Crippen LogP contribution in [0, 0.1) is 0 Å². The Bertz CT molecular complexity index is 247. The molecule has 0 spiro atoms. The Morgan fingerprint density at radius 3 is 3.07 bits per heavy atom. The van der Waals surface area contributed by atoms with Crippen LogP contribution in [-0.4, -0.2) is 28.0 Å². The number of aromatic nitrogens is 2. The van der Waals surface area contributed by atoms with Crippen molar-refractivity contribution in [3.8, 4) is 0 Å². The van der Waals surface area contributed by atoms with Gasteiger partial charge in [0.25, 0.3) is 0 Å². The Morgan fingerprint density at radius 1 is 1.50 bits per heavy atom. The van der Waals surface area contributed by atoms with Gasteiger partial charge in [0.2, 0.25) is 0 Å². The number of hydrogen-bond acceptors (Lipinski definition) is 3. The number of hydrogen-bond donors (Lipinski definition) is 2. The first-order valence-electron chi connectivity index (χ1n) is 5.25. The highest BCUT2D eigenvalue weighted by Crippen LogP contribution is 2.03. The number of aliphatic hydroxyl groups is 1. The monoisotopic (exact) mass is 197 g/mol. The van der Waals surface area contributed by atoms with Crippen molar-refractivity contribution in [1.82, 2.24) is 9.78 Å². The molecule has 0 saturated carbocycles. The van der Waals surface area contributed by atoms with Crippen LogP contribution in [0.3, 0.4) is 0 Å². The first kappa shape index (κ1) is 11.0. The van der Waals surface area contributed by atoms with E-state index in [2.05, 4.69) is 17.3 Å². The van der Waals surface area contributed by atoms with Gasteiger partial charge < -0.3 is 10.4 Å². The van der Waals surface area contributed by atoms with Crippen LogP contribution in [0.5, 0.6) is 0 Å². The highest BCUT2D eigenvalue weighted by atomic mass is 16.3. The second-order valence-electron chi connectivity index (χ2n) is 3.32. The number of nitrogens with zero attached hydrogens (tertiary/aromatic N) is 2. The highest BCUT2D eigenvalue weighted by Gasteiger charge is 1.96. The molecule has 0 aliphatic heterocycles.